The van der Waals surface area contributed by atoms with Gasteiger partial charge < -0.3 is 24.8 Å². The molecule has 0 fully saturated rings. The number of esters is 2. The number of hydrogen-bond acceptors (Lipinski definition) is 6. The van der Waals surface area contributed by atoms with E-state index in [1.165, 1.54) is 0 Å². The molecule has 2 atom stereocenters. The maximum absolute atomic E-state index is 12.3. The molecule has 8 heteroatoms. The van der Waals surface area contributed by atoms with Crippen LogP contribution >= 0.6 is 0 Å². The molecule has 2 N–H and O–H groups in total. The van der Waals surface area contributed by atoms with Crippen molar-refractivity contribution in [1.29, 1.82) is 0 Å². The molecule has 1 aromatic rings. The molecule has 152 valence electrons. The zero-order valence-corrected chi connectivity index (χ0v) is 16.5. The van der Waals surface area contributed by atoms with E-state index in [1.54, 1.807) is 19.9 Å². The van der Waals surface area contributed by atoms with E-state index in [1.807, 2.05) is 32.0 Å². The molecule has 1 aliphatic heterocycles. The minimum absolute atomic E-state index is 0.196. The quantitative estimate of drug-likeness (QED) is 0.660. The van der Waals surface area contributed by atoms with E-state index in [-0.39, 0.29) is 24.5 Å². The van der Waals surface area contributed by atoms with Crippen LogP contribution in [0.2, 0.25) is 0 Å². The van der Waals surface area contributed by atoms with Crippen LogP contribution in [-0.4, -0.2) is 43.3 Å². The van der Waals surface area contributed by atoms with Gasteiger partial charge in [0.05, 0.1) is 23.9 Å². The molecular weight excluding hydrogens is 364 g/mol. The number of carbonyl (C=O) groups is 3. The van der Waals surface area contributed by atoms with Crippen LogP contribution in [0.1, 0.15) is 32.8 Å². The Morgan fingerprint density at radius 1 is 1.21 bits per heavy atom. The second kappa shape index (κ2) is 9.77. The lowest BCUT2D eigenvalue weighted by Gasteiger charge is -2.28. The number of hydrogen-bond donors (Lipinski definition) is 2. The summed E-state index contributed by atoms with van der Waals surface area (Å²) in [4.78, 5) is 36.4. The Kier molecular flexibility index (Phi) is 7.43. The third-order valence-electron chi connectivity index (χ3n) is 4.14. The molecule has 2 rings (SSSR count). The van der Waals surface area contributed by atoms with Crippen molar-refractivity contribution in [2.45, 2.75) is 46.3 Å². The Morgan fingerprint density at radius 3 is 2.61 bits per heavy atom. The lowest BCUT2D eigenvalue weighted by molar-refractivity contribution is -0.150. The second-order valence-corrected chi connectivity index (χ2v) is 6.36. The van der Waals surface area contributed by atoms with Crippen molar-refractivity contribution in [3.8, 4) is 5.75 Å². The van der Waals surface area contributed by atoms with E-state index < -0.39 is 30.1 Å². The maximum atomic E-state index is 12.3. The van der Waals surface area contributed by atoms with Gasteiger partial charge in [0.1, 0.15) is 12.4 Å². The molecule has 1 aromatic carbocycles. The molecular formula is C20H26N2O6. The van der Waals surface area contributed by atoms with E-state index in [0.717, 1.165) is 5.56 Å². The predicted octanol–water partition coefficient (Wildman–Crippen LogP) is 2.21. The highest BCUT2D eigenvalue weighted by Gasteiger charge is 2.32. The first kappa shape index (κ1) is 21.3. The van der Waals surface area contributed by atoms with Gasteiger partial charge in [-0.15, -0.1) is 0 Å². The van der Waals surface area contributed by atoms with E-state index in [4.69, 9.17) is 14.2 Å². The second-order valence-electron chi connectivity index (χ2n) is 6.36. The summed E-state index contributed by atoms with van der Waals surface area (Å²) in [7, 11) is 0. The van der Waals surface area contributed by atoms with E-state index in [0.29, 0.717) is 12.2 Å². The highest BCUT2D eigenvalue weighted by atomic mass is 16.6. The maximum Gasteiger partial charge on any atom is 0.347 e. The first-order valence-electron chi connectivity index (χ1n) is 9.23. The zero-order chi connectivity index (χ0) is 20.7. The van der Waals surface area contributed by atoms with Crippen molar-refractivity contribution in [3.63, 3.8) is 0 Å². The normalized spacial score (nSPS) is 17.3. The number of amides is 2. The number of benzene rings is 1. The number of ether oxygens (including phenoxy) is 3. The van der Waals surface area contributed by atoms with E-state index in [9.17, 15) is 14.4 Å². The topological polar surface area (TPSA) is 103 Å². The van der Waals surface area contributed by atoms with Gasteiger partial charge in [0.25, 0.3) is 0 Å². The summed E-state index contributed by atoms with van der Waals surface area (Å²) < 4.78 is 15.9. The molecule has 0 spiro atoms. The van der Waals surface area contributed by atoms with Crippen LogP contribution < -0.4 is 15.4 Å². The van der Waals surface area contributed by atoms with Crippen molar-refractivity contribution >= 4 is 18.0 Å². The number of carbonyl (C=O) groups excluding carboxylic acids is 3. The summed E-state index contributed by atoms with van der Waals surface area (Å²) in [5, 5.41) is 5.19. The summed E-state index contributed by atoms with van der Waals surface area (Å²) in [6.45, 7) is 6.94. The minimum Gasteiger partial charge on any atom is -0.479 e. The molecule has 2 amide bonds. The van der Waals surface area contributed by atoms with Crippen LogP contribution in [0.5, 0.6) is 5.75 Å². The standard InChI is InChI=1S/C20H26N2O6/c1-5-15-17(19(24)26-6-2)16(22-20(25)21-15)11-27-18(23)13(4)28-14-9-7-8-12(3)10-14/h7-10,13,15H,5-6,11H2,1-4H3,(H2,21,22,25)/t13-,15+/m0/s1. The van der Waals surface area contributed by atoms with Gasteiger partial charge in [0.15, 0.2) is 6.10 Å². The number of rotatable bonds is 8. The lowest BCUT2D eigenvalue weighted by atomic mass is 10.0. The molecule has 0 bridgehead atoms. The molecule has 1 aliphatic rings. The fourth-order valence-corrected chi connectivity index (χ4v) is 2.78. The molecule has 0 aliphatic carbocycles. The van der Waals surface area contributed by atoms with E-state index in [2.05, 4.69) is 10.6 Å². The van der Waals surface area contributed by atoms with Gasteiger partial charge in [0, 0.05) is 0 Å². The third-order valence-corrected chi connectivity index (χ3v) is 4.14. The number of nitrogens with one attached hydrogen (secondary N) is 2. The lowest BCUT2D eigenvalue weighted by Crippen LogP contribution is -2.51. The van der Waals surface area contributed by atoms with Crippen molar-refractivity contribution in [2.24, 2.45) is 0 Å². The Bertz CT molecular complexity index is 774. The first-order valence-corrected chi connectivity index (χ1v) is 9.23. The van der Waals surface area contributed by atoms with Crippen LogP contribution in [0, 0.1) is 6.92 Å². The molecule has 28 heavy (non-hydrogen) atoms. The van der Waals surface area contributed by atoms with Crippen molar-refractivity contribution in [1.82, 2.24) is 10.6 Å². The van der Waals surface area contributed by atoms with Gasteiger partial charge in [-0.05, 0) is 44.9 Å². The average Bonchev–Trinajstić information content (AvgIpc) is 2.65. The van der Waals surface area contributed by atoms with Crippen LogP contribution in [0.25, 0.3) is 0 Å². The largest absolute Gasteiger partial charge is 0.479 e. The van der Waals surface area contributed by atoms with Crippen LogP contribution in [0.15, 0.2) is 35.5 Å². The SMILES string of the molecule is CCOC(=O)C1=C(COC(=O)[C@H](C)Oc2cccc(C)c2)NC(=O)N[C@@H]1CC. The molecule has 1 heterocycles. The van der Waals surface area contributed by atoms with E-state index >= 15 is 0 Å². The van der Waals surface area contributed by atoms with Gasteiger partial charge >= 0.3 is 18.0 Å². The van der Waals surface area contributed by atoms with Gasteiger partial charge in [0.2, 0.25) is 0 Å². The molecule has 0 saturated carbocycles. The molecule has 8 nitrogen and oxygen atoms in total. The molecule has 0 unspecified atom stereocenters. The Hall–Kier alpha value is -3.03. The van der Waals surface area contributed by atoms with Gasteiger partial charge in [-0.3, -0.25) is 0 Å². The number of urea groups is 1. The van der Waals surface area contributed by atoms with Crippen LogP contribution in [-0.2, 0) is 19.1 Å². The summed E-state index contributed by atoms with van der Waals surface area (Å²) in [5.41, 5.74) is 1.47. The third kappa shape index (κ3) is 5.48. The summed E-state index contributed by atoms with van der Waals surface area (Å²) >= 11 is 0. The Labute approximate surface area is 164 Å². The molecule has 0 radical (unpaired) electrons. The number of aryl methyl sites for hydroxylation is 1. The van der Waals surface area contributed by atoms with Crippen LogP contribution in [0.3, 0.4) is 0 Å². The fourth-order valence-electron chi connectivity index (χ4n) is 2.78. The van der Waals surface area contributed by atoms with Gasteiger partial charge in [-0.2, -0.15) is 0 Å². The average molecular weight is 390 g/mol. The highest BCUT2D eigenvalue weighted by molar-refractivity contribution is 5.95. The van der Waals surface area contributed by atoms with Crippen molar-refractivity contribution < 1.29 is 28.6 Å². The highest BCUT2D eigenvalue weighted by Crippen LogP contribution is 2.18. The first-order chi connectivity index (χ1) is 13.3. The summed E-state index contributed by atoms with van der Waals surface area (Å²) in [5.74, 6) is -0.618. The van der Waals surface area contributed by atoms with Gasteiger partial charge in [-0.25, -0.2) is 14.4 Å². The Balaban J connectivity index is 2.08. The minimum atomic E-state index is -0.854. The van der Waals surface area contributed by atoms with Crippen molar-refractivity contribution in [3.05, 3.63) is 41.1 Å². The monoisotopic (exact) mass is 390 g/mol. The van der Waals surface area contributed by atoms with Crippen LogP contribution in [0.4, 0.5) is 4.79 Å². The molecule has 0 saturated heterocycles. The summed E-state index contributed by atoms with van der Waals surface area (Å²) in [6, 6.07) is 6.33. The van der Waals surface area contributed by atoms with Gasteiger partial charge in [-0.1, -0.05) is 19.1 Å². The molecule has 0 aromatic heterocycles. The zero-order valence-electron chi connectivity index (χ0n) is 16.5. The summed E-state index contributed by atoms with van der Waals surface area (Å²) in [6.07, 6.45) is -0.362. The fraction of sp³-hybridized carbons (Fsp3) is 0.450. The predicted molar refractivity (Wildman–Crippen MR) is 102 cm³/mol. The Morgan fingerprint density at radius 2 is 1.96 bits per heavy atom. The van der Waals surface area contributed by atoms with Crippen molar-refractivity contribution in [2.75, 3.05) is 13.2 Å². The smallest absolute Gasteiger partial charge is 0.347 e.